The maximum atomic E-state index is 5.85. The molecule has 0 saturated heterocycles. The molecule has 0 unspecified atom stereocenters. The van der Waals surface area contributed by atoms with Gasteiger partial charge in [0.15, 0.2) is 0 Å². The summed E-state index contributed by atoms with van der Waals surface area (Å²) in [4.78, 5) is 18.6. The van der Waals surface area contributed by atoms with Gasteiger partial charge in [-0.3, -0.25) is 9.80 Å². The van der Waals surface area contributed by atoms with Crippen molar-refractivity contribution in [3.8, 4) is 28.3 Å². The first kappa shape index (κ1) is 54.2. The van der Waals surface area contributed by atoms with E-state index in [4.69, 9.17) is 9.97 Å². The van der Waals surface area contributed by atoms with Gasteiger partial charge in [-0.05, 0) is 157 Å². The van der Waals surface area contributed by atoms with E-state index in [2.05, 4.69) is 380 Å². The van der Waals surface area contributed by atoms with E-state index in [1.165, 1.54) is 10.8 Å². The third-order valence-corrected chi connectivity index (χ3v) is 18.4. The van der Waals surface area contributed by atoms with Crippen molar-refractivity contribution in [1.29, 1.82) is 0 Å². The van der Waals surface area contributed by atoms with E-state index in [0.717, 1.165) is 134 Å². The quantitative estimate of drug-likeness (QED) is 0.115. The Balaban J connectivity index is 0.875. The van der Waals surface area contributed by atoms with Crippen LogP contribution in [0.2, 0.25) is 0 Å². The average molecular weight is 1200 g/mol. The second kappa shape index (κ2) is 22.6. The predicted octanol–water partition coefficient (Wildman–Crippen LogP) is 23.0. The molecule has 0 aliphatic carbocycles. The summed E-state index contributed by atoms with van der Waals surface area (Å²) in [5, 5.41) is 9.04. The minimum atomic E-state index is 0.509. The van der Waals surface area contributed by atoms with Gasteiger partial charge in [0.2, 0.25) is 5.95 Å². The van der Waals surface area contributed by atoms with Gasteiger partial charge in [-0.15, -0.1) is 0 Å². The van der Waals surface area contributed by atoms with Crippen LogP contribution in [0.4, 0.5) is 51.6 Å². The van der Waals surface area contributed by atoms with Crippen molar-refractivity contribution in [3.05, 3.63) is 352 Å². The average Bonchev–Trinajstić information content (AvgIpc) is 1.50. The van der Waals surface area contributed by atoms with Crippen LogP contribution in [-0.2, 0) is 0 Å². The minimum Gasteiger partial charge on any atom is -0.310 e. The highest BCUT2D eigenvalue weighted by molar-refractivity contribution is 6.14. The summed E-state index contributed by atoms with van der Waals surface area (Å²) in [6.07, 6.45) is 0. The maximum absolute atomic E-state index is 5.85. The van der Waals surface area contributed by atoms with E-state index < -0.39 is 0 Å². The molecule has 0 amide bonds. The number of anilines is 9. The fourth-order valence-corrected chi connectivity index (χ4v) is 14.3. The SMILES string of the molecule is c1ccc(N(c2ccc3c(c2)c2ccccc2n3-c2ccccc2)c2cc(-c3ccc(N(c4ccccc4)c4ccc5c(c4)c4ccccc4n5-c4ccccc4)c4ccccc34)nc(N(c3ccccc3)c3ccc4c(c3)c3ccccc3n4-c3ccccc3)n2)cc1. The number of nitrogens with zero attached hydrogens (tertiary/aromatic N) is 8. The Morgan fingerprint density at radius 2 is 0.543 bits per heavy atom. The summed E-state index contributed by atoms with van der Waals surface area (Å²) < 4.78 is 7.10. The van der Waals surface area contributed by atoms with Crippen molar-refractivity contribution in [2.24, 2.45) is 0 Å². The Hall–Kier alpha value is -12.8. The first-order chi connectivity index (χ1) is 46.7. The first-order valence-electron chi connectivity index (χ1n) is 31.9. The molecule has 0 atom stereocenters. The lowest BCUT2D eigenvalue weighted by atomic mass is 9.98. The molecule has 18 rings (SSSR count). The van der Waals surface area contributed by atoms with Crippen LogP contribution < -0.4 is 14.7 Å². The molecule has 0 N–H and O–H groups in total. The molecular weight excluding hydrogens is 1150 g/mol. The largest absolute Gasteiger partial charge is 0.310 e. The third-order valence-electron chi connectivity index (χ3n) is 18.4. The molecule has 0 aliphatic heterocycles. The van der Waals surface area contributed by atoms with E-state index in [9.17, 15) is 0 Å². The number of hydrogen-bond acceptors (Lipinski definition) is 5. The van der Waals surface area contributed by atoms with Crippen molar-refractivity contribution >= 4 is 128 Å². The Bertz CT molecular complexity index is 5650. The monoisotopic (exact) mass is 1200 g/mol. The fraction of sp³-hybridized carbons (Fsp3) is 0. The molecule has 0 saturated carbocycles. The summed E-state index contributed by atoms with van der Waals surface area (Å²) in [5.74, 6) is 1.21. The summed E-state index contributed by atoms with van der Waals surface area (Å²) in [7, 11) is 0. The van der Waals surface area contributed by atoms with Crippen molar-refractivity contribution in [1.82, 2.24) is 23.7 Å². The number of hydrogen-bond donors (Lipinski definition) is 0. The van der Waals surface area contributed by atoms with Crippen molar-refractivity contribution < 1.29 is 0 Å². The van der Waals surface area contributed by atoms with Crippen LogP contribution in [0.1, 0.15) is 0 Å². The molecule has 8 nitrogen and oxygen atoms in total. The second-order valence-electron chi connectivity index (χ2n) is 23.8. The molecule has 4 aromatic heterocycles. The van der Waals surface area contributed by atoms with Crippen LogP contribution >= 0.6 is 0 Å². The Labute approximate surface area is 543 Å². The van der Waals surface area contributed by atoms with Gasteiger partial charge in [-0.1, -0.05) is 194 Å². The van der Waals surface area contributed by atoms with E-state index >= 15 is 0 Å². The molecule has 0 bridgehead atoms. The van der Waals surface area contributed by atoms with Gasteiger partial charge in [-0.2, -0.15) is 4.98 Å². The molecule has 18 aromatic rings. The molecule has 4 heterocycles. The zero-order valence-corrected chi connectivity index (χ0v) is 51.1. The molecule has 442 valence electrons. The molecule has 0 spiro atoms. The summed E-state index contributed by atoms with van der Waals surface area (Å²) in [5.41, 5.74) is 18.7. The number of benzene rings is 14. The predicted molar refractivity (Wildman–Crippen MR) is 392 cm³/mol. The van der Waals surface area contributed by atoms with E-state index in [1.54, 1.807) is 0 Å². The van der Waals surface area contributed by atoms with Crippen molar-refractivity contribution in [2.45, 2.75) is 0 Å². The zero-order chi connectivity index (χ0) is 62.1. The lowest BCUT2D eigenvalue weighted by Crippen LogP contribution is -2.18. The molecule has 0 aliphatic rings. The number of para-hydroxylation sites is 9. The maximum Gasteiger partial charge on any atom is 0.237 e. The molecular formula is C86H58N8. The smallest absolute Gasteiger partial charge is 0.237 e. The third kappa shape index (κ3) is 9.07. The van der Waals surface area contributed by atoms with E-state index in [0.29, 0.717) is 11.8 Å². The highest BCUT2D eigenvalue weighted by atomic mass is 15.3. The lowest BCUT2D eigenvalue weighted by Gasteiger charge is -2.29. The molecule has 14 aromatic carbocycles. The summed E-state index contributed by atoms with van der Waals surface area (Å²) >= 11 is 0. The first-order valence-corrected chi connectivity index (χ1v) is 31.9. The number of aromatic nitrogens is 5. The van der Waals surface area contributed by atoms with Crippen molar-refractivity contribution in [2.75, 3.05) is 14.7 Å². The number of fused-ring (bicyclic) bond motifs is 10. The van der Waals surface area contributed by atoms with Crippen LogP contribution in [0.5, 0.6) is 0 Å². The Morgan fingerprint density at radius 1 is 0.213 bits per heavy atom. The van der Waals surface area contributed by atoms with E-state index in [-0.39, 0.29) is 0 Å². The highest BCUT2D eigenvalue weighted by Gasteiger charge is 2.27. The lowest BCUT2D eigenvalue weighted by molar-refractivity contribution is 1.06. The zero-order valence-electron chi connectivity index (χ0n) is 51.1. The summed E-state index contributed by atoms with van der Waals surface area (Å²) in [6.45, 7) is 0. The van der Waals surface area contributed by atoms with Crippen LogP contribution in [-0.4, -0.2) is 23.7 Å². The normalized spacial score (nSPS) is 11.6. The van der Waals surface area contributed by atoms with Gasteiger partial charge in [-0.25, -0.2) is 4.98 Å². The van der Waals surface area contributed by atoms with Gasteiger partial charge >= 0.3 is 0 Å². The number of rotatable bonds is 13. The summed E-state index contributed by atoms with van der Waals surface area (Å²) in [6, 6.07) is 126. The fourth-order valence-electron chi connectivity index (χ4n) is 14.3. The van der Waals surface area contributed by atoms with Gasteiger partial charge in [0, 0.05) is 101 Å². The second-order valence-corrected chi connectivity index (χ2v) is 23.8. The topological polar surface area (TPSA) is 50.3 Å². The Kier molecular flexibility index (Phi) is 13.0. The molecule has 94 heavy (non-hydrogen) atoms. The van der Waals surface area contributed by atoms with Crippen LogP contribution in [0, 0.1) is 0 Å². The van der Waals surface area contributed by atoms with Gasteiger partial charge in [0.05, 0.1) is 44.5 Å². The van der Waals surface area contributed by atoms with E-state index in [1.807, 2.05) is 0 Å². The van der Waals surface area contributed by atoms with Crippen molar-refractivity contribution in [3.63, 3.8) is 0 Å². The van der Waals surface area contributed by atoms with Crippen LogP contribution in [0.15, 0.2) is 352 Å². The molecule has 8 heteroatoms. The van der Waals surface area contributed by atoms with Gasteiger partial charge < -0.3 is 18.6 Å². The van der Waals surface area contributed by atoms with Gasteiger partial charge in [0.1, 0.15) is 5.82 Å². The molecule has 0 fully saturated rings. The van der Waals surface area contributed by atoms with Crippen LogP contribution in [0.25, 0.3) is 105 Å². The standard InChI is InChI=1S/C86H58N8/c1-7-27-59(28-8-1)89(65-47-51-82-74(55-65)71-41-21-24-44-78(71)92(82)62-33-13-4-14-34-62)81-54-50-69(68-39-19-20-40-70(68)81)77-58-85(90(60-29-9-2-10-30-60)66-48-52-83-75(56-66)72-42-22-25-45-79(72)93(83)63-35-15-5-16-36-63)88-86(87-77)91(61-31-11-3-12-32-61)67-49-53-84-76(57-67)73-43-23-26-46-80(73)94(84)64-37-17-6-18-38-64/h1-58H. The molecule has 0 radical (unpaired) electrons. The minimum absolute atomic E-state index is 0.509. The highest BCUT2D eigenvalue weighted by Crippen LogP contribution is 2.48. The van der Waals surface area contributed by atoms with Crippen LogP contribution in [0.3, 0.4) is 0 Å². The van der Waals surface area contributed by atoms with Gasteiger partial charge in [0.25, 0.3) is 0 Å². The Morgan fingerprint density at radius 3 is 0.979 bits per heavy atom.